The number of halogens is 2. The summed E-state index contributed by atoms with van der Waals surface area (Å²) in [6, 6.07) is 14.7. The Hall–Kier alpha value is -5.61. The first kappa shape index (κ1) is 51.2. The van der Waals surface area contributed by atoms with Crippen LogP contribution in [-0.4, -0.2) is 129 Å². The summed E-state index contributed by atoms with van der Waals surface area (Å²) in [7, 11) is 0. The molecule has 3 aliphatic rings. The van der Waals surface area contributed by atoms with Crippen molar-refractivity contribution in [3.05, 3.63) is 93.8 Å². The lowest BCUT2D eigenvalue weighted by Gasteiger charge is -2.39. The van der Waals surface area contributed by atoms with Crippen LogP contribution >= 0.6 is 22.9 Å². The zero-order valence-electron chi connectivity index (χ0n) is 38.2. The SMILES string of the molecule is O=C1CCC(N2Cc3c(NC(=O)CCOCCOCCOCCNCCOCCNC(=O)C4(Cc5cccc(Nc6nccs6)n5)CCC(Oc5cccc(Cl)c5F)CC4)cccc3C2=O)C(=O)N1. The van der Waals surface area contributed by atoms with Gasteiger partial charge in [-0.1, -0.05) is 29.8 Å². The van der Waals surface area contributed by atoms with Crippen LogP contribution in [0, 0.1) is 11.2 Å². The molecular weight excluding hydrogens is 935 g/mol. The van der Waals surface area contributed by atoms with Gasteiger partial charge in [0.2, 0.25) is 23.6 Å². The molecule has 21 heteroatoms. The number of anilines is 3. The fourth-order valence-corrected chi connectivity index (χ4v) is 9.15. The number of rotatable bonds is 27. The molecule has 2 aromatic carbocycles. The van der Waals surface area contributed by atoms with E-state index in [1.165, 1.54) is 22.3 Å². The molecule has 2 fully saturated rings. The molecule has 4 aromatic rings. The number of pyridine rings is 1. The average Bonchev–Trinajstić information content (AvgIpc) is 3.98. The van der Waals surface area contributed by atoms with Crippen molar-refractivity contribution in [2.45, 2.75) is 70.1 Å². The van der Waals surface area contributed by atoms with Crippen molar-refractivity contribution in [2.24, 2.45) is 5.41 Å². The van der Waals surface area contributed by atoms with Crippen molar-refractivity contribution in [1.82, 2.24) is 30.8 Å². The molecule has 1 saturated carbocycles. The number of carbonyl (C=O) groups excluding carboxylic acids is 5. The lowest BCUT2D eigenvalue weighted by molar-refractivity contribution is -0.137. The largest absolute Gasteiger partial charge is 0.487 e. The van der Waals surface area contributed by atoms with Crippen molar-refractivity contribution in [3.8, 4) is 5.75 Å². The number of benzene rings is 2. The topological polar surface area (TPSA) is 221 Å². The van der Waals surface area contributed by atoms with Crippen LogP contribution < -0.4 is 31.3 Å². The second-order valence-electron chi connectivity index (χ2n) is 16.8. The summed E-state index contributed by atoms with van der Waals surface area (Å²) in [6.45, 7) is 4.63. The fourth-order valence-electron chi connectivity index (χ4n) is 8.45. The summed E-state index contributed by atoms with van der Waals surface area (Å²) in [4.78, 5) is 74.1. The Balaban J connectivity index is 0.708. The Labute approximate surface area is 408 Å². The minimum absolute atomic E-state index is 0.000320. The molecule has 18 nitrogen and oxygen atoms in total. The van der Waals surface area contributed by atoms with Crippen LogP contribution in [0.2, 0.25) is 5.02 Å². The smallest absolute Gasteiger partial charge is 0.255 e. The number of fused-ring (bicyclic) bond motifs is 1. The summed E-state index contributed by atoms with van der Waals surface area (Å²) in [6.07, 6.45) is 4.55. The van der Waals surface area contributed by atoms with Crippen LogP contribution in [0.3, 0.4) is 0 Å². The van der Waals surface area contributed by atoms with Gasteiger partial charge in [0.15, 0.2) is 16.7 Å². The predicted molar refractivity (Wildman–Crippen MR) is 255 cm³/mol. The van der Waals surface area contributed by atoms with E-state index in [9.17, 15) is 28.4 Å². The number of amides is 5. The zero-order chi connectivity index (χ0) is 48.4. The third kappa shape index (κ3) is 14.7. The molecule has 5 amide bonds. The summed E-state index contributed by atoms with van der Waals surface area (Å²) < 4.78 is 43.2. The van der Waals surface area contributed by atoms with E-state index in [2.05, 4.69) is 31.6 Å². The van der Waals surface area contributed by atoms with E-state index < -0.39 is 23.2 Å². The average molecular weight is 994 g/mol. The highest BCUT2D eigenvalue weighted by molar-refractivity contribution is 7.13. The molecule has 0 radical (unpaired) electrons. The van der Waals surface area contributed by atoms with Crippen molar-refractivity contribution < 1.29 is 52.0 Å². The molecule has 69 heavy (non-hydrogen) atoms. The molecule has 7 rings (SSSR count). The normalized spacial score (nSPS) is 19.0. The first-order chi connectivity index (χ1) is 33.6. The van der Waals surface area contributed by atoms with Crippen molar-refractivity contribution >= 4 is 69.1 Å². The van der Waals surface area contributed by atoms with Gasteiger partial charge in [-0.15, -0.1) is 11.3 Å². The number of thiazole rings is 1. The van der Waals surface area contributed by atoms with Gasteiger partial charge in [0.05, 0.1) is 75.8 Å². The van der Waals surface area contributed by atoms with Gasteiger partial charge in [-0.3, -0.25) is 29.3 Å². The van der Waals surface area contributed by atoms with E-state index >= 15 is 0 Å². The lowest BCUT2D eigenvalue weighted by Crippen LogP contribution is -2.52. The van der Waals surface area contributed by atoms with Gasteiger partial charge in [0, 0.05) is 73.1 Å². The Kier molecular flexibility index (Phi) is 19.2. The Bertz CT molecular complexity index is 2370. The molecule has 1 atom stereocenters. The minimum Gasteiger partial charge on any atom is -0.487 e. The van der Waals surface area contributed by atoms with Crippen LogP contribution in [0.4, 0.5) is 21.0 Å². The Morgan fingerprint density at radius 1 is 0.870 bits per heavy atom. The second kappa shape index (κ2) is 25.8. The molecular formula is C48H58ClFN8O10S. The quantitative estimate of drug-likeness (QED) is 0.0384. The molecule has 4 heterocycles. The van der Waals surface area contributed by atoms with Crippen LogP contribution in [0.1, 0.15) is 66.6 Å². The number of piperidine rings is 1. The monoisotopic (exact) mass is 992 g/mol. The van der Waals surface area contributed by atoms with E-state index in [1.807, 2.05) is 23.6 Å². The molecule has 2 aliphatic heterocycles. The molecule has 1 aliphatic carbocycles. The Morgan fingerprint density at radius 3 is 2.33 bits per heavy atom. The molecule has 1 saturated heterocycles. The Morgan fingerprint density at radius 2 is 1.58 bits per heavy atom. The number of nitrogens with one attached hydrogen (secondary N) is 5. The number of nitrogens with zero attached hydrogens (tertiary/aromatic N) is 3. The number of hydrogen-bond donors (Lipinski definition) is 5. The third-order valence-corrected chi connectivity index (χ3v) is 13.0. The van der Waals surface area contributed by atoms with Crippen molar-refractivity contribution in [1.29, 1.82) is 0 Å². The molecule has 370 valence electrons. The van der Waals surface area contributed by atoms with Crippen LogP contribution in [0.5, 0.6) is 5.75 Å². The van der Waals surface area contributed by atoms with E-state index in [0.29, 0.717) is 121 Å². The standard InChI is InChI=1S/C48H58ClFN8O10S/c49-36-6-3-8-39(43(36)50)68-33-12-15-48(16-13-33,30-32-4-1-9-40(54-32)56-47-53-20-29-69-47)46(63)52-19-24-65-22-17-51-18-23-66-26-28-67-27-25-64-21-14-42(60)55-37-7-2-5-34-35(37)31-58(45(34)62)38-10-11-41(59)57-44(38)61/h1-9,20,29,33,38,51H,10-19,21-28,30-31H2,(H,52,63)(H,55,60)(H,53,54,56)(H,57,59,61). The number of ether oxygens (including phenoxy) is 5. The molecule has 0 bridgehead atoms. The van der Waals surface area contributed by atoms with Gasteiger partial charge in [-0.25, -0.2) is 14.4 Å². The summed E-state index contributed by atoms with van der Waals surface area (Å²) >= 11 is 7.45. The highest BCUT2D eigenvalue weighted by Gasteiger charge is 2.43. The number of hydrogen-bond acceptors (Lipinski definition) is 15. The first-order valence-electron chi connectivity index (χ1n) is 23.2. The number of imide groups is 1. The van der Waals surface area contributed by atoms with Crippen LogP contribution in [-0.2, 0) is 51.1 Å². The minimum atomic E-state index is -0.745. The van der Waals surface area contributed by atoms with Crippen LogP contribution in [0.15, 0.2) is 66.2 Å². The van der Waals surface area contributed by atoms with Gasteiger partial charge in [0.25, 0.3) is 5.91 Å². The summed E-state index contributed by atoms with van der Waals surface area (Å²) in [5, 5.41) is 17.3. The third-order valence-electron chi connectivity index (χ3n) is 12.0. The second-order valence-corrected chi connectivity index (χ2v) is 18.1. The van der Waals surface area contributed by atoms with Gasteiger partial charge in [0.1, 0.15) is 11.9 Å². The van der Waals surface area contributed by atoms with Gasteiger partial charge in [-0.2, -0.15) is 0 Å². The number of carbonyl (C=O) groups is 5. The number of aromatic nitrogens is 2. The van der Waals surface area contributed by atoms with E-state index in [0.717, 1.165) is 10.8 Å². The fraction of sp³-hybridized carbons (Fsp3) is 0.479. The van der Waals surface area contributed by atoms with Gasteiger partial charge < -0.3 is 49.9 Å². The molecule has 0 spiro atoms. The van der Waals surface area contributed by atoms with E-state index in [-0.39, 0.29) is 72.9 Å². The predicted octanol–water partition coefficient (Wildman–Crippen LogP) is 5.19. The molecule has 5 N–H and O–H groups in total. The van der Waals surface area contributed by atoms with Crippen LogP contribution in [0.25, 0.3) is 0 Å². The van der Waals surface area contributed by atoms with E-state index in [1.54, 1.807) is 36.5 Å². The molecule has 1 unspecified atom stereocenters. The summed E-state index contributed by atoms with van der Waals surface area (Å²) in [5.41, 5.74) is 1.59. The maximum absolute atomic E-state index is 14.6. The molecule has 2 aromatic heterocycles. The summed E-state index contributed by atoms with van der Waals surface area (Å²) in [5.74, 6) is -1.34. The zero-order valence-corrected chi connectivity index (χ0v) is 39.8. The van der Waals surface area contributed by atoms with E-state index in [4.69, 9.17) is 40.3 Å². The lowest BCUT2D eigenvalue weighted by atomic mass is 9.69. The maximum Gasteiger partial charge on any atom is 0.255 e. The van der Waals surface area contributed by atoms with Gasteiger partial charge >= 0.3 is 0 Å². The maximum atomic E-state index is 14.6. The van der Waals surface area contributed by atoms with Gasteiger partial charge in [-0.05, 0) is 68.5 Å². The highest BCUT2D eigenvalue weighted by Crippen LogP contribution is 2.41. The highest BCUT2D eigenvalue weighted by atomic mass is 35.5. The van der Waals surface area contributed by atoms with Crippen molar-refractivity contribution in [2.75, 3.05) is 83.1 Å². The van der Waals surface area contributed by atoms with Crippen molar-refractivity contribution in [3.63, 3.8) is 0 Å². The first-order valence-corrected chi connectivity index (χ1v) is 24.4.